The van der Waals surface area contributed by atoms with Crippen LogP contribution in [0.2, 0.25) is 0 Å². The molecule has 0 spiro atoms. The predicted molar refractivity (Wildman–Crippen MR) is 83.2 cm³/mol. The summed E-state index contributed by atoms with van der Waals surface area (Å²) < 4.78 is 4.44. The van der Waals surface area contributed by atoms with Gasteiger partial charge in [0.05, 0.1) is 18.5 Å². The van der Waals surface area contributed by atoms with Crippen molar-refractivity contribution in [2.24, 2.45) is 0 Å². The van der Waals surface area contributed by atoms with Crippen LogP contribution in [0.4, 0.5) is 21.0 Å². The molecule has 6 nitrogen and oxygen atoms in total. The van der Waals surface area contributed by atoms with Gasteiger partial charge in [0, 0.05) is 9.79 Å². The van der Waals surface area contributed by atoms with Crippen molar-refractivity contribution in [1.29, 1.82) is 0 Å². The number of hydrogen-bond acceptors (Lipinski definition) is 4. The standard InChI is InChI=1S/C15H13N3O3S/c1-21-15(20)17-16-14(19)18-10-6-2-4-8-12(10)22-13-9-5-3-7-11(13)18/h2-9H,1H3,(H,16,19)(H,17,20). The number of nitrogens with one attached hydrogen (secondary N) is 2. The van der Waals surface area contributed by atoms with Crippen LogP contribution >= 0.6 is 11.8 Å². The predicted octanol–water partition coefficient (Wildman–Crippen LogP) is 3.27. The van der Waals surface area contributed by atoms with Crippen LogP contribution in [0, 0.1) is 0 Å². The molecule has 22 heavy (non-hydrogen) atoms. The topological polar surface area (TPSA) is 70.7 Å². The quantitative estimate of drug-likeness (QED) is 0.732. The van der Waals surface area contributed by atoms with E-state index in [0.717, 1.165) is 21.2 Å². The number of nitrogens with zero attached hydrogens (tertiary/aromatic N) is 1. The lowest BCUT2D eigenvalue weighted by Gasteiger charge is -2.30. The highest BCUT2D eigenvalue weighted by Crippen LogP contribution is 2.47. The lowest BCUT2D eigenvalue weighted by Crippen LogP contribution is -2.48. The maximum Gasteiger partial charge on any atom is 0.425 e. The SMILES string of the molecule is COC(=O)NNC(=O)N1c2ccccc2Sc2ccccc21. The molecule has 1 aliphatic heterocycles. The summed E-state index contributed by atoms with van der Waals surface area (Å²) in [5, 5.41) is 0. The molecule has 3 rings (SSSR count). The highest BCUT2D eigenvalue weighted by molar-refractivity contribution is 7.99. The van der Waals surface area contributed by atoms with Gasteiger partial charge in [-0.15, -0.1) is 0 Å². The molecule has 0 aromatic heterocycles. The molecule has 3 amide bonds. The number of para-hydroxylation sites is 2. The number of methoxy groups -OCH3 is 1. The summed E-state index contributed by atoms with van der Waals surface area (Å²) in [6, 6.07) is 14.7. The highest BCUT2D eigenvalue weighted by atomic mass is 32.2. The molecule has 0 saturated carbocycles. The van der Waals surface area contributed by atoms with Gasteiger partial charge in [0.1, 0.15) is 0 Å². The number of ether oxygens (including phenoxy) is 1. The van der Waals surface area contributed by atoms with Gasteiger partial charge in [-0.3, -0.25) is 4.90 Å². The van der Waals surface area contributed by atoms with E-state index >= 15 is 0 Å². The molecule has 0 fully saturated rings. The number of hydrazine groups is 1. The van der Waals surface area contributed by atoms with E-state index in [4.69, 9.17) is 0 Å². The lowest BCUT2D eigenvalue weighted by atomic mass is 10.2. The van der Waals surface area contributed by atoms with E-state index < -0.39 is 12.1 Å². The van der Waals surface area contributed by atoms with Gasteiger partial charge in [-0.2, -0.15) is 0 Å². The number of carbonyl (C=O) groups excluding carboxylic acids is 2. The molecule has 2 aromatic carbocycles. The van der Waals surface area contributed by atoms with E-state index in [1.165, 1.54) is 12.0 Å². The summed E-state index contributed by atoms with van der Waals surface area (Å²) in [7, 11) is 1.23. The van der Waals surface area contributed by atoms with E-state index in [-0.39, 0.29) is 0 Å². The first kappa shape index (κ1) is 14.3. The van der Waals surface area contributed by atoms with Crippen molar-refractivity contribution in [1.82, 2.24) is 10.9 Å². The fourth-order valence-electron chi connectivity index (χ4n) is 2.13. The van der Waals surface area contributed by atoms with Gasteiger partial charge in [0.2, 0.25) is 0 Å². The Morgan fingerprint density at radius 2 is 1.50 bits per heavy atom. The molecule has 2 N–H and O–H groups in total. The minimum Gasteiger partial charge on any atom is -0.452 e. The Bertz CT molecular complexity index is 690. The second-order valence-electron chi connectivity index (χ2n) is 4.42. The smallest absolute Gasteiger partial charge is 0.425 e. The summed E-state index contributed by atoms with van der Waals surface area (Å²) >= 11 is 1.60. The maximum absolute atomic E-state index is 12.5. The van der Waals surface area contributed by atoms with E-state index in [9.17, 15) is 9.59 Å². The minimum atomic E-state index is -0.735. The zero-order valence-electron chi connectivity index (χ0n) is 11.7. The normalized spacial score (nSPS) is 12.0. The third-order valence-electron chi connectivity index (χ3n) is 3.09. The van der Waals surface area contributed by atoms with Crippen molar-refractivity contribution in [2.75, 3.05) is 12.0 Å². The summed E-state index contributed by atoms with van der Waals surface area (Å²) in [4.78, 5) is 27.1. The number of fused-ring (bicyclic) bond motifs is 2. The fraction of sp³-hybridized carbons (Fsp3) is 0.0667. The largest absolute Gasteiger partial charge is 0.452 e. The summed E-state index contributed by atoms with van der Waals surface area (Å²) in [6.07, 6.45) is -0.735. The minimum absolute atomic E-state index is 0.467. The third-order valence-corrected chi connectivity index (χ3v) is 4.22. The van der Waals surface area contributed by atoms with E-state index in [1.54, 1.807) is 11.8 Å². The Kier molecular flexibility index (Phi) is 3.88. The fourth-order valence-corrected chi connectivity index (χ4v) is 3.19. The Balaban J connectivity index is 1.96. The number of amides is 3. The number of hydrogen-bond donors (Lipinski definition) is 2. The molecule has 1 heterocycles. The molecule has 112 valence electrons. The van der Waals surface area contributed by atoms with Gasteiger partial charge in [-0.05, 0) is 24.3 Å². The monoisotopic (exact) mass is 315 g/mol. The second kappa shape index (κ2) is 5.98. The molecule has 7 heteroatoms. The van der Waals surface area contributed by atoms with Gasteiger partial charge < -0.3 is 4.74 Å². The molecule has 0 saturated heterocycles. The van der Waals surface area contributed by atoms with Crippen molar-refractivity contribution in [2.45, 2.75) is 9.79 Å². The van der Waals surface area contributed by atoms with Crippen LogP contribution in [0.3, 0.4) is 0 Å². The highest BCUT2D eigenvalue weighted by Gasteiger charge is 2.27. The lowest BCUT2D eigenvalue weighted by molar-refractivity contribution is 0.165. The number of rotatable bonds is 0. The molecule has 2 aromatic rings. The van der Waals surface area contributed by atoms with Gasteiger partial charge in [0.25, 0.3) is 0 Å². The van der Waals surface area contributed by atoms with Gasteiger partial charge in [-0.1, -0.05) is 36.0 Å². The first-order valence-electron chi connectivity index (χ1n) is 6.50. The van der Waals surface area contributed by atoms with Crippen molar-refractivity contribution in [3.05, 3.63) is 48.5 Å². The molecule has 0 aliphatic carbocycles. The average Bonchev–Trinajstić information content (AvgIpc) is 2.57. The average molecular weight is 315 g/mol. The zero-order valence-corrected chi connectivity index (χ0v) is 12.5. The molecule has 0 unspecified atom stereocenters. The van der Waals surface area contributed by atoms with Crippen LogP contribution in [0.1, 0.15) is 0 Å². The van der Waals surface area contributed by atoms with Crippen LogP contribution in [0.5, 0.6) is 0 Å². The zero-order chi connectivity index (χ0) is 15.5. The summed E-state index contributed by atoms with van der Waals surface area (Å²) in [5.41, 5.74) is 6.04. The molecule has 0 atom stereocenters. The number of anilines is 2. The van der Waals surface area contributed by atoms with Crippen molar-refractivity contribution < 1.29 is 14.3 Å². The second-order valence-corrected chi connectivity index (χ2v) is 5.50. The summed E-state index contributed by atoms with van der Waals surface area (Å²) in [6.45, 7) is 0. The number of urea groups is 1. The number of benzene rings is 2. The molecule has 0 radical (unpaired) electrons. The van der Waals surface area contributed by atoms with E-state index in [1.807, 2.05) is 48.5 Å². The molecular formula is C15H13N3O3S. The molecule has 0 bridgehead atoms. The Morgan fingerprint density at radius 3 is 2.05 bits per heavy atom. The van der Waals surface area contributed by atoms with Gasteiger partial charge >= 0.3 is 12.1 Å². The molecule has 1 aliphatic rings. The number of carbonyl (C=O) groups is 2. The summed E-state index contributed by atoms with van der Waals surface area (Å²) in [5.74, 6) is 0. The van der Waals surface area contributed by atoms with Gasteiger partial charge in [0.15, 0.2) is 0 Å². The van der Waals surface area contributed by atoms with Crippen LogP contribution < -0.4 is 15.8 Å². The Morgan fingerprint density at radius 1 is 0.955 bits per heavy atom. The van der Waals surface area contributed by atoms with Crippen LogP contribution in [-0.4, -0.2) is 19.2 Å². The van der Waals surface area contributed by atoms with Crippen LogP contribution in [-0.2, 0) is 4.74 Å². The van der Waals surface area contributed by atoms with Crippen molar-refractivity contribution in [3.63, 3.8) is 0 Å². The molecular weight excluding hydrogens is 302 g/mol. The van der Waals surface area contributed by atoms with Crippen molar-refractivity contribution in [3.8, 4) is 0 Å². The van der Waals surface area contributed by atoms with E-state index in [2.05, 4.69) is 15.6 Å². The maximum atomic E-state index is 12.5. The van der Waals surface area contributed by atoms with Gasteiger partial charge in [-0.25, -0.2) is 20.4 Å². The van der Waals surface area contributed by atoms with Crippen molar-refractivity contribution >= 4 is 35.3 Å². The Labute approximate surface area is 131 Å². The first-order valence-corrected chi connectivity index (χ1v) is 7.32. The third kappa shape index (κ3) is 2.58. The van der Waals surface area contributed by atoms with E-state index in [0.29, 0.717) is 0 Å². The Hall–Kier alpha value is -2.67. The van der Waals surface area contributed by atoms with Crippen LogP contribution in [0.15, 0.2) is 58.3 Å². The first-order chi connectivity index (χ1) is 10.7. The van der Waals surface area contributed by atoms with Crippen LogP contribution in [0.25, 0.3) is 0 Å².